The molecule has 5 heteroatoms. The van der Waals surface area contributed by atoms with Gasteiger partial charge in [0.05, 0.1) is 5.75 Å². The van der Waals surface area contributed by atoms with Crippen molar-refractivity contribution in [2.45, 2.75) is 25.0 Å². The van der Waals surface area contributed by atoms with Crippen molar-refractivity contribution in [1.82, 2.24) is 0 Å². The fourth-order valence-electron chi connectivity index (χ4n) is 2.68. The predicted molar refractivity (Wildman–Crippen MR) is 85.6 cm³/mol. The highest BCUT2D eigenvalue weighted by Gasteiger charge is 2.15. The molecule has 3 N–H and O–H groups in total. The molecule has 3 rings (SSSR count). The molecule has 1 aliphatic rings. The van der Waals surface area contributed by atoms with Crippen LogP contribution in [0.15, 0.2) is 42.5 Å². The van der Waals surface area contributed by atoms with Crippen LogP contribution in [0.5, 0.6) is 0 Å². The van der Waals surface area contributed by atoms with E-state index in [1.807, 2.05) is 18.2 Å². The summed E-state index contributed by atoms with van der Waals surface area (Å²) in [4.78, 5) is 0. The second-order valence-corrected chi connectivity index (χ2v) is 7.16. The van der Waals surface area contributed by atoms with E-state index in [9.17, 15) is 8.42 Å². The second kappa shape index (κ2) is 5.41. The minimum Gasteiger partial charge on any atom is -0.399 e. The first-order valence-corrected chi connectivity index (χ1v) is 8.64. The van der Waals surface area contributed by atoms with Crippen molar-refractivity contribution >= 4 is 21.4 Å². The number of fused-ring (bicyclic) bond motifs is 1. The van der Waals surface area contributed by atoms with Crippen molar-refractivity contribution in [1.29, 1.82) is 0 Å². The van der Waals surface area contributed by atoms with Crippen LogP contribution in [0, 0.1) is 0 Å². The topological polar surface area (TPSA) is 72.2 Å². The number of nitrogens with two attached hydrogens (primary N) is 1. The fourth-order valence-corrected chi connectivity index (χ4v) is 3.87. The molecule has 0 aliphatic heterocycles. The Morgan fingerprint density at radius 1 is 1.00 bits per heavy atom. The average molecular weight is 302 g/mol. The zero-order valence-corrected chi connectivity index (χ0v) is 12.5. The van der Waals surface area contributed by atoms with Gasteiger partial charge in [0.1, 0.15) is 0 Å². The Bertz CT molecular complexity index is 752. The quantitative estimate of drug-likeness (QED) is 0.853. The number of aryl methyl sites for hydroxylation is 2. The molecule has 0 saturated heterocycles. The SMILES string of the molecule is Nc1ccc(CS(=O)(=O)Nc2ccc3c(c2)CCC3)cc1. The molecule has 0 heterocycles. The molecule has 2 aromatic carbocycles. The number of anilines is 2. The maximum atomic E-state index is 12.2. The highest BCUT2D eigenvalue weighted by molar-refractivity contribution is 7.91. The van der Waals surface area contributed by atoms with Crippen molar-refractivity contribution in [2.75, 3.05) is 10.5 Å². The number of hydrogen-bond acceptors (Lipinski definition) is 3. The van der Waals surface area contributed by atoms with Gasteiger partial charge in [0.25, 0.3) is 0 Å². The number of nitrogens with one attached hydrogen (secondary N) is 1. The van der Waals surface area contributed by atoms with Crippen LogP contribution in [-0.4, -0.2) is 8.42 Å². The van der Waals surface area contributed by atoms with Gasteiger partial charge in [-0.1, -0.05) is 18.2 Å². The Kier molecular flexibility index (Phi) is 3.59. The van der Waals surface area contributed by atoms with Crippen molar-refractivity contribution < 1.29 is 8.42 Å². The van der Waals surface area contributed by atoms with E-state index >= 15 is 0 Å². The minimum absolute atomic E-state index is 0.0512. The monoisotopic (exact) mass is 302 g/mol. The van der Waals surface area contributed by atoms with Crippen molar-refractivity contribution in [3.8, 4) is 0 Å². The molecule has 0 fully saturated rings. The van der Waals surface area contributed by atoms with Crippen LogP contribution in [0.25, 0.3) is 0 Å². The van der Waals surface area contributed by atoms with Gasteiger partial charge in [-0.3, -0.25) is 4.72 Å². The van der Waals surface area contributed by atoms with Crippen LogP contribution in [0.3, 0.4) is 0 Å². The van der Waals surface area contributed by atoms with E-state index in [-0.39, 0.29) is 5.75 Å². The van der Waals surface area contributed by atoms with Crippen LogP contribution in [0.2, 0.25) is 0 Å². The smallest absolute Gasteiger partial charge is 0.236 e. The van der Waals surface area contributed by atoms with E-state index in [4.69, 9.17) is 5.73 Å². The van der Waals surface area contributed by atoms with Crippen LogP contribution < -0.4 is 10.5 Å². The van der Waals surface area contributed by atoms with Crippen molar-refractivity contribution in [3.05, 3.63) is 59.2 Å². The Balaban J connectivity index is 1.75. The third-order valence-electron chi connectivity index (χ3n) is 3.71. The molecule has 0 amide bonds. The van der Waals surface area contributed by atoms with E-state index in [1.165, 1.54) is 11.1 Å². The molecule has 0 bridgehead atoms. The first kappa shape index (κ1) is 13.9. The molecule has 0 unspecified atom stereocenters. The summed E-state index contributed by atoms with van der Waals surface area (Å²) in [5.41, 5.74) is 10.2. The molecule has 2 aromatic rings. The largest absolute Gasteiger partial charge is 0.399 e. The van der Waals surface area contributed by atoms with Gasteiger partial charge in [-0.2, -0.15) is 0 Å². The first-order chi connectivity index (χ1) is 10.0. The first-order valence-electron chi connectivity index (χ1n) is 6.98. The van der Waals surface area contributed by atoms with Crippen LogP contribution >= 0.6 is 0 Å². The highest BCUT2D eigenvalue weighted by Crippen LogP contribution is 2.25. The lowest BCUT2D eigenvalue weighted by molar-refractivity contribution is 0.600. The average Bonchev–Trinajstić information content (AvgIpc) is 2.88. The van der Waals surface area contributed by atoms with Gasteiger partial charge in [-0.25, -0.2) is 8.42 Å². The summed E-state index contributed by atoms with van der Waals surface area (Å²) in [6, 6.07) is 12.7. The Hall–Kier alpha value is -2.01. The molecule has 0 aromatic heterocycles. The molecular weight excluding hydrogens is 284 g/mol. The van der Waals surface area contributed by atoms with Crippen LogP contribution in [-0.2, 0) is 28.6 Å². The standard InChI is InChI=1S/C16H18N2O2S/c17-15-7-4-12(5-8-15)11-21(19,20)18-16-9-6-13-2-1-3-14(13)10-16/h4-10,18H,1-3,11,17H2. The molecule has 110 valence electrons. The highest BCUT2D eigenvalue weighted by atomic mass is 32.2. The molecule has 4 nitrogen and oxygen atoms in total. The van der Waals surface area contributed by atoms with E-state index < -0.39 is 10.0 Å². The van der Waals surface area contributed by atoms with Crippen molar-refractivity contribution in [2.24, 2.45) is 0 Å². The Morgan fingerprint density at radius 2 is 1.71 bits per heavy atom. The van der Waals surface area contributed by atoms with E-state index in [0.717, 1.165) is 24.8 Å². The third-order valence-corrected chi connectivity index (χ3v) is 4.97. The molecule has 21 heavy (non-hydrogen) atoms. The minimum atomic E-state index is -3.41. The lowest BCUT2D eigenvalue weighted by atomic mass is 10.1. The summed E-state index contributed by atoms with van der Waals surface area (Å²) in [5, 5.41) is 0. The Labute approximate surface area is 125 Å². The second-order valence-electron chi connectivity index (χ2n) is 5.44. The summed E-state index contributed by atoms with van der Waals surface area (Å²) in [6.07, 6.45) is 3.27. The number of hydrogen-bond donors (Lipinski definition) is 2. The normalized spacial score (nSPS) is 13.9. The van der Waals surface area contributed by atoms with Gasteiger partial charge >= 0.3 is 0 Å². The molecule has 1 aliphatic carbocycles. The summed E-state index contributed by atoms with van der Waals surface area (Å²) in [6.45, 7) is 0. The predicted octanol–water partition coefficient (Wildman–Crippen LogP) is 2.70. The lowest BCUT2D eigenvalue weighted by Crippen LogP contribution is -2.15. The van der Waals surface area contributed by atoms with Gasteiger partial charge in [-0.05, 0) is 60.2 Å². The number of sulfonamides is 1. The van der Waals surface area contributed by atoms with Gasteiger partial charge in [0, 0.05) is 11.4 Å². The zero-order valence-electron chi connectivity index (χ0n) is 11.7. The van der Waals surface area contributed by atoms with E-state index in [1.54, 1.807) is 24.3 Å². The summed E-state index contributed by atoms with van der Waals surface area (Å²) < 4.78 is 27.1. The summed E-state index contributed by atoms with van der Waals surface area (Å²) >= 11 is 0. The molecule has 0 saturated carbocycles. The van der Waals surface area contributed by atoms with E-state index in [0.29, 0.717) is 11.4 Å². The maximum Gasteiger partial charge on any atom is 0.236 e. The molecule has 0 atom stereocenters. The third kappa shape index (κ3) is 3.36. The lowest BCUT2D eigenvalue weighted by Gasteiger charge is -2.10. The van der Waals surface area contributed by atoms with Crippen LogP contribution in [0.1, 0.15) is 23.1 Å². The molecular formula is C16H18N2O2S. The fraction of sp³-hybridized carbons (Fsp3) is 0.250. The number of nitrogen functional groups attached to an aromatic ring is 1. The van der Waals surface area contributed by atoms with E-state index in [2.05, 4.69) is 4.72 Å². The van der Waals surface area contributed by atoms with Gasteiger partial charge in [0.15, 0.2) is 0 Å². The Morgan fingerprint density at radius 3 is 2.48 bits per heavy atom. The van der Waals surface area contributed by atoms with Gasteiger partial charge < -0.3 is 5.73 Å². The van der Waals surface area contributed by atoms with Crippen LogP contribution in [0.4, 0.5) is 11.4 Å². The maximum absolute atomic E-state index is 12.2. The number of rotatable bonds is 4. The van der Waals surface area contributed by atoms with Crippen molar-refractivity contribution in [3.63, 3.8) is 0 Å². The summed E-state index contributed by atoms with van der Waals surface area (Å²) in [7, 11) is -3.41. The molecule has 0 spiro atoms. The zero-order chi connectivity index (χ0) is 14.9. The number of benzene rings is 2. The summed E-state index contributed by atoms with van der Waals surface area (Å²) in [5.74, 6) is -0.0512. The van der Waals surface area contributed by atoms with Gasteiger partial charge in [0.2, 0.25) is 10.0 Å². The van der Waals surface area contributed by atoms with Gasteiger partial charge in [-0.15, -0.1) is 0 Å². The molecule has 0 radical (unpaired) electrons.